The van der Waals surface area contributed by atoms with Crippen molar-refractivity contribution in [3.63, 3.8) is 0 Å². The van der Waals surface area contributed by atoms with Gasteiger partial charge < -0.3 is 0 Å². The largest absolute Gasteiger partial charge is 0.265 e. The molecule has 0 rings (SSSR count). The van der Waals surface area contributed by atoms with Gasteiger partial charge in [-0.2, -0.15) is 0 Å². The summed E-state index contributed by atoms with van der Waals surface area (Å²) in [5, 5.41) is 10.3. The van der Waals surface area contributed by atoms with Gasteiger partial charge >= 0.3 is 0 Å². The smallest absolute Gasteiger partial charge is 0.203 e. The van der Waals surface area contributed by atoms with Crippen molar-refractivity contribution in [2.24, 2.45) is 0 Å². The Morgan fingerprint density at radius 2 is 0.514 bits per heavy atom. The molecule has 0 spiro atoms. The molecule has 3 nitrogen and oxygen atoms in total. The lowest BCUT2D eigenvalue weighted by molar-refractivity contribution is -0.480. The minimum Gasteiger partial charge on any atom is -0.265 e. The van der Waals surface area contributed by atoms with Gasteiger partial charge in [-0.25, -0.2) is 0 Å². The van der Waals surface area contributed by atoms with Gasteiger partial charge in [0, 0.05) is 11.3 Å². The molecule has 0 unspecified atom stereocenters. The first-order valence-corrected chi connectivity index (χ1v) is 16.4. The molecule has 35 heavy (non-hydrogen) atoms. The highest BCUT2D eigenvalue weighted by molar-refractivity contribution is 4.52. The molecule has 0 saturated heterocycles. The molecule has 0 aliphatic carbocycles. The lowest BCUT2D eigenvalue weighted by Crippen LogP contribution is -1.99. The number of rotatable bonds is 31. The van der Waals surface area contributed by atoms with Crippen LogP contribution in [0.25, 0.3) is 0 Å². The summed E-state index contributed by atoms with van der Waals surface area (Å²) in [4.78, 5) is 10.1. The average molecular weight is 496 g/mol. The number of unbranched alkanes of at least 4 members (excludes halogenated alkanes) is 29. The Bertz CT molecular complexity index is 399. The van der Waals surface area contributed by atoms with Crippen molar-refractivity contribution in [2.45, 2.75) is 200 Å². The van der Waals surface area contributed by atoms with Crippen LogP contribution in [0.3, 0.4) is 0 Å². The summed E-state index contributed by atoms with van der Waals surface area (Å²) < 4.78 is 0. The van der Waals surface area contributed by atoms with Gasteiger partial charge in [0.25, 0.3) is 0 Å². The third-order valence-corrected chi connectivity index (χ3v) is 7.69. The standard InChI is InChI=1S/C32H65NO2/c1-2-3-4-5-6-7-8-9-10-11-12-13-14-15-16-17-18-19-20-21-22-23-24-25-26-27-28-29-30-31-32-33(34)35/h2-32H2,1H3. The van der Waals surface area contributed by atoms with E-state index in [2.05, 4.69) is 6.92 Å². The molecule has 0 aromatic carbocycles. The molecule has 0 atom stereocenters. The Morgan fingerprint density at radius 1 is 0.343 bits per heavy atom. The fraction of sp³-hybridized carbons (Fsp3) is 1.00. The molecule has 0 amide bonds. The Balaban J connectivity index is 3.01. The van der Waals surface area contributed by atoms with Gasteiger partial charge in [0.05, 0.1) is 0 Å². The summed E-state index contributed by atoms with van der Waals surface area (Å²) in [5.74, 6) is 0. The van der Waals surface area contributed by atoms with Crippen molar-refractivity contribution >= 4 is 0 Å². The van der Waals surface area contributed by atoms with Crippen LogP contribution in [0.15, 0.2) is 0 Å². The van der Waals surface area contributed by atoms with E-state index in [0.717, 1.165) is 12.8 Å². The molecule has 0 radical (unpaired) electrons. The summed E-state index contributed by atoms with van der Waals surface area (Å²) in [7, 11) is 0. The average Bonchev–Trinajstić information content (AvgIpc) is 2.85. The number of hydrogen-bond acceptors (Lipinski definition) is 2. The van der Waals surface area contributed by atoms with E-state index >= 15 is 0 Å². The second kappa shape index (κ2) is 31.4. The maximum Gasteiger partial charge on any atom is 0.203 e. The lowest BCUT2D eigenvalue weighted by atomic mass is 10.0. The van der Waals surface area contributed by atoms with Gasteiger partial charge in [-0.3, -0.25) is 10.1 Å². The molecule has 210 valence electrons. The first kappa shape index (κ1) is 34.4. The van der Waals surface area contributed by atoms with E-state index in [1.807, 2.05) is 0 Å². The second-order valence-electron chi connectivity index (χ2n) is 11.3. The highest BCUT2D eigenvalue weighted by Crippen LogP contribution is 2.16. The molecule has 0 aromatic rings. The minimum atomic E-state index is -0.193. The number of nitrogens with zero attached hydrogens (tertiary/aromatic N) is 1. The Kier molecular flexibility index (Phi) is 30.9. The summed E-state index contributed by atoms with van der Waals surface area (Å²) >= 11 is 0. The minimum absolute atomic E-state index is 0.152. The van der Waals surface area contributed by atoms with E-state index in [4.69, 9.17) is 0 Å². The molecule has 0 aromatic heterocycles. The highest BCUT2D eigenvalue weighted by Gasteiger charge is 1.98. The maximum absolute atomic E-state index is 10.3. The third-order valence-electron chi connectivity index (χ3n) is 7.69. The molecule has 0 fully saturated rings. The molecular formula is C32H65NO2. The van der Waals surface area contributed by atoms with Crippen molar-refractivity contribution in [3.8, 4) is 0 Å². The number of nitro groups is 1. The normalized spacial score (nSPS) is 11.3. The van der Waals surface area contributed by atoms with Crippen molar-refractivity contribution in [2.75, 3.05) is 6.54 Å². The molecular weight excluding hydrogens is 430 g/mol. The monoisotopic (exact) mass is 496 g/mol. The van der Waals surface area contributed by atoms with E-state index < -0.39 is 0 Å². The fourth-order valence-electron chi connectivity index (χ4n) is 5.26. The molecule has 0 heterocycles. The van der Waals surface area contributed by atoms with Crippen LogP contribution in [0.1, 0.15) is 200 Å². The molecule has 0 aliphatic rings. The van der Waals surface area contributed by atoms with Crippen LogP contribution < -0.4 is 0 Å². The molecule has 3 heteroatoms. The van der Waals surface area contributed by atoms with Crippen LogP contribution in [-0.2, 0) is 0 Å². The van der Waals surface area contributed by atoms with E-state index in [0.29, 0.717) is 0 Å². The van der Waals surface area contributed by atoms with E-state index in [9.17, 15) is 10.1 Å². The zero-order valence-corrected chi connectivity index (χ0v) is 24.2. The lowest BCUT2D eigenvalue weighted by Gasteiger charge is -2.04. The van der Waals surface area contributed by atoms with Crippen LogP contribution >= 0.6 is 0 Å². The van der Waals surface area contributed by atoms with Crippen LogP contribution in [0.2, 0.25) is 0 Å². The quantitative estimate of drug-likeness (QED) is 0.0545. The van der Waals surface area contributed by atoms with Crippen LogP contribution in [-0.4, -0.2) is 11.5 Å². The summed E-state index contributed by atoms with van der Waals surface area (Å²) in [6, 6.07) is 0. The number of hydrogen-bond donors (Lipinski definition) is 0. The van der Waals surface area contributed by atoms with Gasteiger partial charge in [-0.1, -0.05) is 187 Å². The Labute approximate surface area is 221 Å². The summed E-state index contributed by atoms with van der Waals surface area (Å²) in [5.41, 5.74) is 0. The SMILES string of the molecule is CCCCCCCCCCCCCCCCCCCCCCCCCCCCCCCC[N+](=O)[O-]. The van der Waals surface area contributed by atoms with Crippen LogP contribution in [0, 0.1) is 10.1 Å². The van der Waals surface area contributed by atoms with Gasteiger partial charge in [0.15, 0.2) is 0 Å². The zero-order valence-electron chi connectivity index (χ0n) is 24.2. The van der Waals surface area contributed by atoms with Gasteiger partial charge in [-0.15, -0.1) is 0 Å². The van der Waals surface area contributed by atoms with E-state index in [1.165, 1.54) is 180 Å². The molecule has 0 bridgehead atoms. The summed E-state index contributed by atoms with van der Waals surface area (Å²) in [6.45, 7) is 2.45. The molecule has 0 saturated carbocycles. The molecule has 0 N–H and O–H groups in total. The first-order valence-electron chi connectivity index (χ1n) is 16.4. The topological polar surface area (TPSA) is 43.1 Å². The summed E-state index contributed by atoms with van der Waals surface area (Å²) in [6.07, 6.45) is 41.7. The maximum atomic E-state index is 10.3. The fourth-order valence-corrected chi connectivity index (χ4v) is 5.26. The molecule has 0 aliphatic heterocycles. The van der Waals surface area contributed by atoms with Crippen LogP contribution in [0.5, 0.6) is 0 Å². The highest BCUT2D eigenvalue weighted by atomic mass is 16.6. The predicted molar refractivity (Wildman–Crippen MR) is 156 cm³/mol. The van der Waals surface area contributed by atoms with Gasteiger partial charge in [0.2, 0.25) is 6.54 Å². The van der Waals surface area contributed by atoms with E-state index in [1.54, 1.807) is 0 Å². The first-order chi connectivity index (χ1) is 17.3. The zero-order chi connectivity index (χ0) is 25.5. The van der Waals surface area contributed by atoms with Crippen molar-refractivity contribution < 1.29 is 4.92 Å². The predicted octanol–water partition coefficient (Wildman–Crippen LogP) is 12.0. The van der Waals surface area contributed by atoms with E-state index in [-0.39, 0.29) is 11.5 Å². The third kappa shape index (κ3) is 33.4. The van der Waals surface area contributed by atoms with Crippen LogP contribution in [0.4, 0.5) is 0 Å². The van der Waals surface area contributed by atoms with Gasteiger partial charge in [0.1, 0.15) is 0 Å². The van der Waals surface area contributed by atoms with Crippen molar-refractivity contribution in [3.05, 3.63) is 10.1 Å². The Hall–Kier alpha value is -0.600. The van der Waals surface area contributed by atoms with Crippen molar-refractivity contribution in [1.29, 1.82) is 0 Å². The van der Waals surface area contributed by atoms with Crippen molar-refractivity contribution in [1.82, 2.24) is 0 Å². The second-order valence-corrected chi connectivity index (χ2v) is 11.3. The van der Waals surface area contributed by atoms with Gasteiger partial charge in [-0.05, 0) is 6.42 Å². The Morgan fingerprint density at radius 3 is 0.686 bits per heavy atom.